The average Bonchev–Trinajstić information content (AvgIpc) is 2.98. The van der Waals surface area contributed by atoms with E-state index < -0.39 is 47.5 Å². The Morgan fingerprint density at radius 2 is 1.81 bits per heavy atom. The molecule has 168 valence electrons. The second-order valence-corrected chi connectivity index (χ2v) is 7.41. The number of nitrogens with zero attached hydrogens (tertiary/aromatic N) is 1. The van der Waals surface area contributed by atoms with Crippen LogP contribution in [0.4, 0.5) is 19.3 Å². The van der Waals surface area contributed by atoms with Crippen LogP contribution in [0.25, 0.3) is 0 Å². The van der Waals surface area contributed by atoms with Crippen molar-refractivity contribution in [1.29, 1.82) is 0 Å². The monoisotopic (exact) mass is 444 g/mol. The Balaban J connectivity index is 1.61. The van der Waals surface area contributed by atoms with Crippen molar-refractivity contribution in [3.8, 4) is 0 Å². The first kappa shape index (κ1) is 22.9. The first-order valence-corrected chi connectivity index (χ1v) is 9.89. The number of hydrogen-bond donors (Lipinski definition) is 3. The highest BCUT2D eigenvalue weighted by atomic mass is 19.1. The molecule has 0 radical (unpaired) electrons. The summed E-state index contributed by atoms with van der Waals surface area (Å²) >= 11 is 0. The highest BCUT2D eigenvalue weighted by Gasteiger charge is 2.50. The summed E-state index contributed by atoms with van der Waals surface area (Å²) in [5.41, 5.74) is -0.676. The van der Waals surface area contributed by atoms with E-state index in [0.717, 1.165) is 23.8 Å². The molecule has 0 bridgehead atoms. The summed E-state index contributed by atoms with van der Waals surface area (Å²) in [6.07, 6.45) is 0.708. The molecular weight excluding hydrogens is 422 g/mol. The summed E-state index contributed by atoms with van der Waals surface area (Å²) in [6, 6.07) is 8.83. The third-order valence-electron chi connectivity index (χ3n) is 5.16. The minimum absolute atomic E-state index is 0.354. The molecule has 5 amide bonds. The molecule has 0 aliphatic carbocycles. The van der Waals surface area contributed by atoms with Gasteiger partial charge in [0, 0.05) is 11.3 Å². The third kappa shape index (κ3) is 4.58. The molecule has 3 rings (SSSR count). The fourth-order valence-corrected chi connectivity index (χ4v) is 3.43. The second-order valence-electron chi connectivity index (χ2n) is 7.41. The van der Waals surface area contributed by atoms with E-state index in [2.05, 4.69) is 16.0 Å². The molecule has 3 N–H and O–H groups in total. The lowest BCUT2D eigenvalue weighted by Crippen LogP contribution is -2.44. The van der Waals surface area contributed by atoms with Crippen LogP contribution >= 0.6 is 0 Å². The molecule has 1 heterocycles. The first-order chi connectivity index (χ1) is 15.2. The lowest BCUT2D eigenvalue weighted by molar-refractivity contribution is -0.135. The van der Waals surface area contributed by atoms with Gasteiger partial charge in [0.2, 0.25) is 11.8 Å². The van der Waals surface area contributed by atoms with Crippen molar-refractivity contribution in [1.82, 2.24) is 15.5 Å². The molecule has 10 heteroatoms. The zero-order valence-corrected chi connectivity index (χ0v) is 17.5. The fourth-order valence-electron chi connectivity index (χ4n) is 3.43. The largest absolute Gasteiger partial charge is 0.345 e. The number of amides is 5. The molecule has 2 aromatic carbocycles. The molecule has 1 aliphatic heterocycles. The van der Waals surface area contributed by atoms with E-state index in [1.807, 2.05) is 19.1 Å². The van der Waals surface area contributed by atoms with Crippen molar-refractivity contribution >= 4 is 29.4 Å². The Morgan fingerprint density at radius 1 is 1.09 bits per heavy atom. The van der Waals surface area contributed by atoms with E-state index in [9.17, 15) is 28.0 Å². The van der Waals surface area contributed by atoms with Crippen LogP contribution < -0.4 is 16.0 Å². The third-order valence-corrected chi connectivity index (χ3v) is 5.16. The Morgan fingerprint density at radius 3 is 2.53 bits per heavy atom. The minimum atomic E-state index is -1.87. The zero-order chi connectivity index (χ0) is 23.5. The van der Waals surface area contributed by atoms with Crippen LogP contribution in [0.1, 0.15) is 25.0 Å². The molecule has 0 spiro atoms. The minimum Gasteiger partial charge on any atom is -0.345 e. The fraction of sp³-hybridized carbons (Fsp3) is 0.273. The molecule has 2 aromatic rings. The van der Waals surface area contributed by atoms with Gasteiger partial charge in [-0.2, -0.15) is 0 Å². The number of carbonyl (C=O) groups excluding carboxylic acids is 4. The van der Waals surface area contributed by atoms with Crippen LogP contribution in [0, 0.1) is 11.6 Å². The maximum Gasteiger partial charge on any atom is 0.325 e. The van der Waals surface area contributed by atoms with Crippen molar-refractivity contribution in [3.05, 3.63) is 65.2 Å². The van der Waals surface area contributed by atoms with E-state index in [1.165, 1.54) is 6.92 Å². The molecule has 1 fully saturated rings. The second kappa shape index (κ2) is 9.13. The SMILES string of the molecule is CCc1ccccc1NC(=O)CNC(=O)CN1C(=O)N[C@](C)(c2cc(F)ccc2F)C1=O. The van der Waals surface area contributed by atoms with Crippen LogP contribution in [-0.2, 0) is 26.3 Å². The Labute approximate surface area is 183 Å². The average molecular weight is 444 g/mol. The van der Waals surface area contributed by atoms with Crippen molar-refractivity contribution < 1.29 is 28.0 Å². The van der Waals surface area contributed by atoms with Crippen molar-refractivity contribution in [2.24, 2.45) is 0 Å². The molecule has 8 nitrogen and oxygen atoms in total. The number of nitrogens with one attached hydrogen (secondary N) is 3. The zero-order valence-electron chi connectivity index (χ0n) is 17.5. The molecule has 0 saturated carbocycles. The Hall–Kier alpha value is -3.82. The van der Waals surface area contributed by atoms with Crippen LogP contribution in [0.3, 0.4) is 0 Å². The summed E-state index contributed by atoms with van der Waals surface area (Å²) in [7, 11) is 0. The van der Waals surface area contributed by atoms with Crippen molar-refractivity contribution in [3.63, 3.8) is 0 Å². The number of anilines is 1. The van der Waals surface area contributed by atoms with E-state index in [4.69, 9.17) is 0 Å². The first-order valence-electron chi connectivity index (χ1n) is 9.89. The van der Waals surface area contributed by atoms with E-state index in [-0.39, 0.29) is 12.1 Å². The predicted octanol–water partition coefficient (Wildman–Crippen LogP) is 2.05. The number of carbonyl (C=O) groups is 4. The van der Waals surface area contributed by atoms with Gasteiger partial charge < -0.3 is 16.0 Å². The van der Waals surface area contributed by atoms with Crippen LogP contribution in [-0.4, -0.2) is 41.7 Å². The summed E-state index contributed by atoms with van der Waals surface area (Å²) in [6.45, 7) is 2.10. The van der Waals surface area contributed by atoms with Crippen molar-refractivity contribution in [2.45, 2.75) is 25.8 Å². The Bertz CT molecular complexity index is 1090. The molecule has 1 saturated heterocycles. The van der Waals surface area contributed by atoms with Crippen molar-refractivity contribution in [2.75, 3.05) is 18.4 Å². The van der Waals surface area contributed by atoms with Gasteiger partial charge in [0.05, 0.1) is 6.54 Å². The van der Waals surface area contributed by atoms with Crippen LogP contribution in [0.2, 0.25) is 0 Å². The van der Waals surface area contributed by atoms with Gasteiger partial charge in [0.15, 0.2) is 0 Å². The van der Waals surface area contributed by atoms with E-state index >= 15 is 0 Å². The molecular formula is C22H22F2N4O4. The predicted molar refractivity (Wildman–Crippen MR) is 111 cm³/mol. The number of aryl methyl sites for hydroxylation is 1. The molecule has 32 heavy (non-hydrogen) atoms. The smallest absolute Gasteiger partial charge is 0.325 e. The van der Waals surface area contributed by atoms with Gasteiger partial charge in [-0.15, -0.1) is 0 Å². The van der Waals surface area contributed by atoms with Gasteiger partial charge in [-0.1, -0.05) is 25.1 Å². The number of para-hydroxylation sites is 1. The maximum absolute atomic E-state index is 14.2. The highest BCUT2D eigenvalue weighted by molar-refractivity contribution is 6.09. The lowest BCUT2D eigenvalue weighted by atomic mass is 9.91. The number of urea groups is 1. The molecule has 0 unspecified atom stereocenters. The number of rotatable bonds is 7. The summed E-state index contributed by atoms with van der Waals surface area (Å²) in [4.78, 5) is 50.0. The number of imide groups is 1. The van der Waals surface area contributed by atoms with Crippen LogP contribution in [0.15, 0.2) is 42.5 Å². The van der Waals surface area contributed by atoms with Gasteiger partial charge in [-0.25, -0.2) is 13.6 Å². The number of halogens is 2. The van der Waals surface area contributed by atoms with Gasteiger partial charge in [0.1, 0.15) is 23.7 Å². The standard InChI is InChI=1S/C22H22F2N4O4/c1-3-13-6-4-5-7-17(13)26-18(29)11-25-19(30)12-28-20(31)22(2,27-21(28)32)15-10-14(23)8-9-16(15)24/h4-10H,3,11-12H2,1-2H3,(H,25,30)(H,26,29)(H,27,32)/t22-/m1/s1. The van der Waals surface area contributed by atoms with E-state index in [1.54, 1.807) is 12.1 Å². The number of hydrogen-bond acceptors (Lipinski definition) is 4. The molecule has 1 aliphatic rings. The quantitative estimate of drug-likeness (QED) is 0.568. The Kier molecular flexibility index (Phi) is 6.52. The lowest BCUT2D eigenvalue weighted by Gasteiger charge is -2.22. The maximum atomic E-state index is 14.2. The molecule has 1 atom stereocenters. The van der Waals surface area contributed by atoms with Gasteiger partial charge in [0.25, 0.3) is 5.91 Å². The summed E-state index contributed by atoms with van der Waals surface area (Å²) in [5.74, 6) is -3.82. The molecule has 0 aromatic heterocycles. The van der Waals surface area contributed by atoms with E-state index in [0.29, 0.717) is 17.0 Å². The normalized spacial score (nSPS) is 17.8. The van der Waals surface area contributed by atoms with Gasteiger partial charge in [-0.3, -0.25) is 19.3 Å². The van der Waals surface area contributed by atoms with Crippen LogP contribution in [0.5, 0.6) is 0 Å². The van der Waals surface area contributed by atoms with Gasteiger partial charge >= 0.3 is 6.03 Å². The van der Waals surface area contributed by atoms with Gasteiger partial charge in [-0.05, 0) is 43.2 Å². The highest BCUT2D eigenvalue weighted by Crippen LogP contribution is 2.31. The summed E-state index contributed by atoms with van der Waals surface area (Å²) in [5, 5.41) is 7.32. The topological polar surface area (TPSA) is 108 Å². The summed E-state index contributed by atoms with van der Waals surface area (Å²) < 4.78 is 27.8. The number of benzene rings is 2.